The number of aromatic nitrogens is 1. The molecule has 0 aliphatic carbocycles. The molecule has 84 valence electrons. The van der Waals surface area contributed by atoms with Gasteiger partial charge in [0.15, 0.2) is 0 Å². The van der Waals surface area contributed by atoms with Crippen LogP contribution in [-0.4, -0.2) is 10.1 Å². The summed E-state index contributed by atoms with van der Waals surface area (Å²) in [6.07, 6.45) is 1.75. The van der Waals surface area contributed by atoms with E-state index in [2.05, 4.69) is 27.4 Å². The summed E-state index contributed by atoms with van der Waals surface area (Å²) < 4.78 is 13.6. The van der Waals surface area contributed by atoms with Crippen LogP contribution in [0.3, 0.4) is 0 Å². The van der Waals surface area contributed by atoms with Gasteiger partial charge >= 0.3 is 0 Å². The Morgan fingerprint density at radius 1 is 1.29 bits per heavy atom. The smallest absolute Gasteiger partial charge is 0.150 e. The lowest BCUT2D eigenvalue weighted by Gasteiger charge is -2.02. The zero-order chi connectivity index (χ0) is 12.3. The Bertz CT molecular complexity index is 587. The highest BCUT2D eigenvalue weighted by Gasteiger charge is 2.04. The molecule has 0 radical (unpaired) electrons. The first-order chi connectivity index (χ1) is 8.20. The average Bonchev–Trinajstić information content (AvgIpc) is 2.33. The van der Waals surface area contributed by atoms with Gasteiger partial charge < -0.3 is 0 Å². The lowest BCUT2D eigenvalue weighted by molar-refractivity contribution is 0.630. The number of hydrogen-bond acceptors (Lipinski definition) is 3. The molecule has 4 heteroatoms. The molecular weight excluding hydrogens is 235 g/mol. The molecule has 0 saturated carbocycles. The highest BCUT2D eigenvalue weighted by molar-refractivity contribution is 7.78. The second-order valence-electron chi connectivity index (χ2n) is 3.59. The summed E-state index contributed by atoms with van der Waals surface area (Å²) in [5.74, 6) is -0.428. The highest BCUT2D eigenvalue weighted by atomic mass is 32.1. The highest BCUT2D eigenvalue weighted by Crippen LogP contribution is 2.24. The van der Waals surface area contributed by atoms with Crippen molar-refractivity contribution < 1.29 is 4.39 Å². The van der Waals surface area contributed by atoms with Crippen LogP contribution in [0, 0.1) is 12.7 Å². The molecule has 0 bridgehead atoms. The molecule has 0 saturated heterocycles. The van der Waals surface area contributed by atoms with Crippen molar-refractivity contribution in [2.75, 3.05) is 0 Å². The number of benzene rings is 1. The molecule has 0 atom stereocenters. The molecule has 0 aliphatic rings. The second-order valence-corrected chi connectivity index (χ2v) is 3.77. The number of thiocarbonyl (C=S) groups is 1. The van der Waals surface area contributed by atoms with Gasteiger partial charge in [0.05, 0.1) is 10.9 Å². The van der Waals surface area contributed by atoms with Crippen LogP contribution in [0.5, 0.6) is 0 Å². The standard InChI is InChI=1S/C13H9FN2S/c1-9-2-4-12(15-7-9)10-3-5-13(16-8-17)11(14)6-10/h2-7H,1H3. The van der Waals surface area contributed by atoms with Crippen molar-refractivity contribution in [1.82, 2.24) is 4.98 Å². The van der Waals surface area contributed by atoms with E-state index in [4.69, 9.17) is 0 Å². The minimum Gasteiger partial charge on any atom is -0.256 e. The Morgan fingerprint density at radius 2 is 2.12 bits per heavy atom. The SMILES string of the molecule is Cc1ccc(-c2ccc(N=C=S)c(F)c2)nc1. The van der Waals surface area contributed by atoms with E-state index in [-0.39, 0.29) is 5.69 Å². The van der Waals surface area contributed by atoms with E-state index in [9.17, 15) is 4.39 Å². The molecule has 0 N–H and O–H groups in total. The summed E-state index contributed by atoms with van der Waals surface area (Å²) in [6, 6.07) is 8.50. The minimum atomic E-state index is -0.428. The number of nitrogens with zero attached hydrogens (tertiary/aromatic N) is 2. The van der Waals surface area contributed by atoms with Crippen LogP contribution in [0.2, 0.25) is 0 Å². The molecule has 2 nitrogen and oxygen atoms in total. The third-order valence-electron chi connectivity index (χ3n) is 2.32. The van der Waals surface area contributed by atoms with Crippen LogP contribution in [-0.2, 0) is 0 Å². The maximum Gasteiger partial charge on any atom is 0.150 e. The first-order valence-corrected chi connectivity index (χ1v) is 5.42. The van der Waals surface area contributed by atoms with E-state index in [0.29, 0.717) is 5.56 Å². The van der Waals surface area contributed by atoms with Crippen LogP contribution >= 0.6 is 12.2 Å². The van der Waals surface area contributed by atoms with Gasteiger partial charge in [-0.25, -0.2) is 4.39 Å². The van der Waals surface area contributed by atoms with E-state index in [0.717, 1.165) is 11.3 Å². The monoisotopic (exact) mass is 244 g/mol. The predicted molar refractivity (Wildman–Crippen MR) is 69.1 cm³/mol. The minimum absolute atomic E-state index is 0.191. The van der Waals surface area contributed by atoms with Crippen molar-refractivity contribution in [3.63, 3.8) is 0 Å². The fourth-order valence-electron chi connectivity index (χ4n) is 1.44. The molecule has 0 amide bonds. The number of isothiocyanates is 1. The van der Waals surface area contributed by atoms with Crippen LogP contribution < -0.4 is 0 Å². The molecule has 0 aliphatic heterocycles. The normalized spacial score (nSPS) is 9.76. The second kappa shape index (κ2) is 4.95. The summed E-state index contributed by atoms with van der Waals surface area (Å²) in [5, 5.41) is 2.14. The van der Waals surface area contributed by atoms with Gasteiger partial charge in [0.1, 0.15) is 11.5 Å². The fraction of sp³-hybridized carbons (Fsp3) is 0.0769. The van der Waals surface area contributed by atoms with Gasteiger partial charge in [0.2, 0.25) is 0 Å². The number of hydrogen-bond donors (Lipinski definition) is 0. The molecule has 2 aromatic rings. The topological polar surface area (TPSA) is 25.2 Å². The Labute approximate surface area is 104 Å². The van der Waals surface area contributed by atoms with E-state index in [1.54, 1.807) is 18.3 Å². The first-order valence-electron chi connectivity index (χ1n) is 5.01. The van der Waals surface area contributed by atoms with Gasteiger partial charge in [-0.3, -0.25) is 4.98 Å². The van der Waals surface area contributed by atoms with Crippen molar-refractivity contribution in [3.8, 4) is 11.3 Å². The van der Waals surface area contributed by atoms with Gasteiger partial charge in [-0.2, -0.15) is 4.99 Å². The Kier molecular flexibility index (Phi) is 3.38. The van der Waals surface area contributed by atoms with Gasteiger partial charge in [0.25, 0.3) is 0 Å². The van der Waals surface area contributed by atoms with Crippen molar-refractivity contribution in [2.45, 2.75) is 6.92 Å². The van der Waals surface area contributed by atoms with Gasteiger partial charge in [0, 0.05) is 11.8 Å². The number of aryl methyl sites for hydroxylation is 1. The van der Waals surface area contributed by atoms with Crippen LogP contribution in [0.15, 0.2) is 41.5 Å². The first kappa shape index (κ1) is 11.6. The quantitative estimate of drug-likeness (QED) is 0.590. The van der Waals surface area contributed by atoms with Crippen LogP contribution in [0.1, 0.15) is 5.56 Å². The Morgan fingerprint density at radius 3 is 2.71 bits per heavy atom. The Balaban J connectivity index is 2.44. The summed E-state index contributed by atoms with van der Waals surface area (Å²) in [6.45, 7) is 1.95. The zero-order valence-corrected chi connectivity index (χ0v) is 9.96. The molecule has 2 rings (SSSR count). The lowest BCUT2D eigenvalue weighted by Crippen LogP contribution is -1.85. The number of halogens is 1. The fourth-order valence-corrected chi connectivity index (χ4v) is 1.54. The molecule has 1 aromatic carbocycles. The van der Waals surface area contributed by atoms with Gasteiger partial charge in [-0.15, -0.1) is 0 Å². The van der Waals surface area contributed by atoms with Crippen LogP contribution in [0.25, 0.3) is 11.3 Å². The molecule has 1 heterocycles. The van der Waals surface area contributed by atoms with E-state index < -0.39 is 5.82 Å². The molecule has 1 aromatic heterocycles. The maximum absolute atomic E-state index is 13.6. The predicted octanol–water partition coefficient (Wildman–Crippen LogP) is 3.93. The molecular formula is C13H9FN2S. The Hall–Kier alpha value is -1.90. The van der Waals surface area contributed by atoms with Crippen LogP contribution in [0.4, 0.5) is 10.1 Å². The van der Waals surface area contributed by atoms with Crippen molar-refractivity contribution in [2.24, 2.45) is 4.99 Å². The van der Waals surface area contributed by atoms with Crippen molar-refractivity contribution in [3.05, 3.63) is 47.9 Å². The van der Waals surface area contributed by atoms with E-state index >= 15 is 0 Å². The third-order valence-corrected chi connectivity index (χ3v) is 2.41. The largest absolute Gasteiger partial charge is 0.256 e. The molecule has 0 unspecified atom stereocenters. The maximum atomic E-state index is 13.6. The molecule has 17 heavy (non-hydrogen) atoms. The van der Waals surface area contributed by atoms with Crippen molar-refractivity contribution >= 4 is 23.1 Å². The number of rotatable bonds is 2. The average molecular weight is 244 g/mol. The van der Waals surface area contributed by atoms with Gasteiger partial charge in [-0.05, 0) is 42.9 Å². The summed E-state index contributed by atoms with van der Waals surface area (Å²) in [4.78, 5) is 7.86. The van der Waals surface area contributed by atoms with Crippen molar-refractivity contribution in [1.29, 1.82) is 0 Å². The number of pyridine rings is 1. The van der Waals surface area contributed by atoms with E-state index in [1.165, 1.54) is 6.07 Å². The summed E-state index contributed by atoms with van der Waals surface area (Å²) >= 11 is 4.44. The molecule has 0 fully saturated rings. The zero-order valence-electron chi connectivity index (χ0n) is 9.14. The van der Waals surface area contributed by atoms with E-state index in [1.807, 2.05) is 19.1 Å². The van der Waals surface area contributed by atoms with Gasteiger partial charge in [-0.1, -0.05) is 12.1 Å². The molecule has 0 spiro atoms. The summed E-state index contributed by atoms with van der Waals surface area (Å²) in [7, 11) is 0. The summed E-state index contributed by atoms with van der Waals surface area (Å²) in [5.41, 5.74) is 2.70. The number of aliphatic imine (C=N–C) groups is 1. The lowest BCUT2D eigenvalue weighted by atomic mass is 10.1. The third kappa shape index (κ3) is 2.61.